The molecule has 9 heteroatoms. The summed E-state index contributed by atoms with van der Waals surface area (Å²) in [6.45, 7) is 2.83. The van der Waals surface area contributed by atoms with Crippen molar-refractivity contribution in [1.29, 1.82) is 0 Å². The third-order valence-corrected chi connectivity index (χ3v) is 7.84. The quantitative estimate of drug-likeness (QED) is 0.720. The van der Waals surface area contributed by atoms with Crippen molar-refractivity contribution in [3.8, 4) is 0 Å². The lowest BCUT2D eigenvalue weighted by Crippen LogP contribution is -2.52. The molecule has 0 aromatic carbocycles. The molecule has 7 nitrogen and oxygen atoms in total. The fraction of sp³-hybridized carbons (Fsp3) is 0.600. The van der Waals surface area contributed by atoms with E-state index < -0.39 is 10.0 Å². The number of carbonyl (C=O) groups is 2. The molecule has 0 aliphatic carbocycles. The van der Waals surface area contributed by atoms with Crippen LogP contribution in [0, 0.1) is 5.92 Å². The van der Waals surface area contributed by atoms with Gasteiger partial charge in [0.1, 0.15) is 4.21 Å². The van der Waals surface area contributed by atoms with Crippen molar-refractivity contribution < 1.29 is 18.0 Å². The zero-order chi connectivity index (χ0) is 17.2. The molecule has 0 saturated carbocycles. The molecule has 0 bridgehead atoms. The molecule has 0 N–H and O–H groups in total. The summed E-state index contributed by atoms with van der Waals surface area (Å²) in [6.07, 6.45) is 2.20. The molecular weight excluding hydrogens is 350 g/mol. The summed E-state index contributed by atoms with van der Waals surface area (Å²) in [4.78, 5) is 26.9. The highest BCUT2D eigenvalue weighted by atomic mass is 32.2. The summed E-state index contributed by atoms with van der Waals surface area (Å²) in [5.41, 5.74) is 0. The minimum absolute atomic E-state index is 0.00614. The van der Waals surface area contributed by atoms with Crippen molar-refractivity contribution in [2.75, 3.05) is 39.3 Å². The van der Waals surface area contributed by atoms with E-state index >= 15 is 0 Å². The van der Waals surface area contributed by atoms with Crippen molar-refractivity contribution >= 4 is 33.7 Å². The van der Waals surface area contributed by atoms with E-state index in [1.807, 2.05) is 0 Å². The van der Waals surface area contributed by atoms with Crippen LogP contribution in [-0.2, 0) is 19.6 Å². The maximum atomic E-state index is 12.7. The summed E-state index contributed by atoms with van der Waals surface area (Å²) >= 11 is 1.20. The normalized spacial score (nSPS) is 23.2. The number of carbonyl (C=O) groups excluding carboxylic acids is 2. The summed E-state index contributed by atoms with van der Waals surface area (Å²) in [7, 11) is -3.50. The molecule has 2 aliphatic rings. The fourth-order valence-electron chi connectivity index (χ4n) is 3.21. The molecular formula is C15H21N3O4S2. The van der Waals surface area contributed by atoms with E-state index in [-0.39, 0.29) is 18.4 Å². The Labute approximate surface area is 145 Å². The number of rotatable bonds is 4. The highest BCUT2D eigenvalue weighted by molar-refractivity contribution is 7.91. The molecule has 2 fully saturated rings. The van der Waals surface area contributed by atoms with Crippen LogP contribution >= 0.6 is 11.3 Å². The molecule has 24 heavy (non-hydrogen) atoms. The first-order valence-electron chi connectivity index (χ1n) is 8.04. The molecule has 1 atom stereocenters. The van der Waals surface area contributed by atoms with Gasteiger partial charge in [0.25, 0.3) is 10.0 Å². The Kier molecular flexibility index (Phi) is 5.21. The highest BCUT2D eigenvalue weighted by Gasteiger charge is 2.36. The van der Waals surface area contributed by atoms with E-state index in [9.17, 15) is 18.0 Å². The second-order valence-electron chi connectivity index (χ2n) is 6.10. The highest BCUT2D eigenvalue weighted by Crippen LogP contribution is 2.27. The average molecular weight is 371 g/mol. The first-order chi connectivity index (χ1) is 11.5. The molecule has 0 spiro atoms. The fourth-order valence-corrected chi connectivity index (χ4v) is 5.87. The number of nitrogens with zero attached hydrogens (tertiary/aromatic N) is 3. The monoisotopic (exact) mass is 371 g/mol. The Bertz CT molecular complexity index is 682. The van der Waals surface area contributed by atoms with Gasteiger partial charge < -0.3 is 9.80 Å². The molecule has 132 valence electrons. The number of hydrogen-bond donors (Lipinski definition) is 0. The lowest BCUT2D eigenvalue weighted by Gasteiger charge is -2.37. The third kappa shape index (κ3) is 3.47. The van der Waals surface area contributed by atoms with E-state index in [0.29, 0.717) is 49.8 Å². The Balaban J connectivity index is 1.65. The summed E-state index contributed by atoms with van der Waals surface area (Å²) < 4.78 is 27.0. The Morgan fingerprint density at radius 2 is 1.96 bits per heavy atom. The van der Waals surface area contributed by atoms with Gasteiger partial charge in [-0.1, -0.05) is 6.07 Å². The van der Waals surface area contributed by atoms with Gasteiger partial charge in [0, 0.05) is 39.3 Å². The van der Waals surface area contributed by atoms with Crippen molar-refractivity contribution in [3.05, 3.63) is 17.5 Å². The van der Waals surface area contributed by atoms with E-state index in [0.717, 1.165) is 6.41 Å². The van der Waals surface area contributed by atoms with Crippen LogP contribution in [0.5, 0.6) is 0 Å². The topological polar surface area (TPSA) is 78.0 Å². The molecule has 3 rings (SSSR count). The lowest BCUT2D eigenvalue weighted by atomic mass is 9.98. The molecule has 1 aromatic rings. The molecule has 2 aliphatic heterocycles. The summed E-state index contributed by atoms with van der Waals surface area (Å²) in [6, 6.07) is 3.32. The van der Waals surface area contributed by atoms with Crippen LogP contribution in [0.1, 0.15) is 12.8 Å². The zero-order valence-electron chi connectivity index (χ0n) is 13.3. The van der Waals surface area contributed by atoms with Gasteiger partial charge >= 0.3 is 0 Å². The minimum Gasteiger partial charge on any atom is -0.342 e. The SMILES string of the molecule is O=CN1CCN(C(=O)[C@@H]2CCCN(S(=O)(=O)c3cccs3)C2)CC1. The number of thiophene rings is 1. The second-order valence-corrected chi connectivity index (χ2v) is 9.21. The smallest absolute Gasteiger partial charge is 0.252 e. The molecule has 2 saturated heterocycles. The van der Waals surface area contributed by atoms with Gasteiger partial charge in [-0.15, -0.1) is 11.3 Å². The molecule has 0 unspecified atom stereocenters. The second kappa shape index (κ2) is 7.20. The van der Waals surface area contributed by atoms with Gasteiger partial charge in [0.15, 0.2) is 0 Å². The lowest BCUT2D eigenvalue weighted by molar-refractivity contribution is -0.140. The summed E-state index contributed by atoms with van der Waals surface area (Å²) in [5, 5.41) is 1.74. The number of amides is 2. The number of sulfonamides is 1. The van der Waals surface area contributed by atoms with Crippen LogP contribution in [0.15, 0.2) is 21.7 Å². The molecule has 3 heterocycles. The van der Waals surface area contributed by atoms with Gasteiger partial charge in [-0.3, -0.25) is 9.59 Å². The van der Waals surface area contributed by atoms with Crippen LogP contribution in [-0.4, -0.2) is 74.1 Å². The average Bonchev–Trinajstić information content (AvgIpc) is 3.17. The van der Waals surface area contributed by atoms with Crippen LogP contribution in [0.4, 0.5) is 0 Å². The molecule has 2 amide bonds. The van der Waals surface area contributed by atoms with Gasteiger partial charge in [-0.05, 0) is 24.3 Å². The van der Waals surface area contributed by atoms with Gasteiger partial charge in [0.05, 0.1) is 5.92 Å². The first kappa shape index (κ1) is 17.4. The van der Waals surface area contributed by atoms with Crippen LogP contribution in [0.2, 0.25) is 0 Å². The van der Waals surface area contributed by atoms with E-state index in [2.05, 4.69) is 0 Å². The van der Waals surface area contributed by atoms with E-state index in [4.69, 9.17) is 0 Å². The summed E-state index contributed by atoms with van der Waals surface area (Å²) in [5.74, 6) is -0.289. The van der Waals surface area contributed by atoms with Gasteiger partial charge in [0.2, 0.25) is 12.3 Å². The Hall–Kier alpha value is -1.45. The number of hydrogen-bond acceptors (Lipinski definition) is 5. The first-order valence-corrected chi connectivity index (χ1v) is 10.4. The third-order valence-electron chi connectivity index (χ3n) is 4.60. The Morgan fingerprint density at radius 1 is 1.21 bits per heavy atom. The van der Waals surface area contributed by atoms with Gasteiger partial charge in [-0.25, -0.2) is 8.42 Å². The van der Waals surface area contributed by atoms with Crippen molar-refractivity contribution in [1.82, 2.24) is 14.1 Å². The van der Waals surface area contributed by atoms with E-state index in [1.165, 1.54) is 15.6 Å². The van der Waals surface area contributed by atoms with Crippen LogP contribution in [0.25, 0.3) is 0 Å². The van der Waals surface area contributed by atoms with E-state index in [1.54, 1.807) is 27.3 Å². The largest absolute Gasteiger partial charge is 0.342 e. The van der Waals surface area contributed by atoms with Gasteiger partial charge in [-0.2, -0.15) is 4.31 Å². The predicted octanol–water partition coefficient (Wildman–Crippen LogP) is 0.449. The Morgan fingerprint density at radius 3 is 2.58 bits per heavy atom. The van der Waals surface area contributed by atoms with Crippen LogP contribution in [0.3, 0.4) is 0 Å². The molecule has 1 aromatic heterocycles. The number of piperazine rings is 1. The van der Waals surface area contributed by atoms with Crippen molar-refractivity contribution in [2.24, 2.45) is 5.92 Å². The van der Waals surface area contributed by atoms with Crippen molar-refractivity contribution in [2.45, 2.75) is 17.1 Å². The predicted molar refractivity (Wildman–Crippen MR) is 90.0 cm³/mol. The standard InChI is InChI=1S/C15H21N3O4S2/c19-12-16-6-8-17(9-7-16)15(20)13-3-1-5-18(11-13)24(21,22)14-4-2-10-23-14/h2,4,10,12-13H,1,3,5-9,11H2/t13-/m1/s1. The number of piperidine rings is 1. The van der Waals surface area contributed by atoms with Crippen LogP contribution < -0.4 is 0 Å². The minimum atomic E-state index is -3.50. The maximum absolute atomic E-state index is 12.7. The molecule has 0 radical (unpaired) electrons. The maximum Gasteiger partial charge on any atom is 0.252 e. The van der Waals surface area contributed by atoms with Crippen molar-refractivity contribution in [3.63, 3.8) is 0 Å². The zero-order valence-corrected chi connectivity index (χ0v) is 15.0.